The number of aromatic nitrogens is 1. The molecule has 0 radical (unpaired) electrons. The third-order valence-electron chi connectivity index (χ3n) is 4.36. The second-order valence-corrected chi connectivity index (χ2v) is 7.99. The van der Waals surface area contributed by atoms with Crippen molar-refractivity contribution in [3.8, 4) is 11.3 Å². The summed E-state index contributed by atoms with van der Waals surface area (Å²) < 4.78 is 1.83. The van der Waals surface area contributed by atoms with E-state index >= 15 is 0 Å². The van der Waals surface area contributed by atoms with Crippen molar-refractivity contribution in [3.63, 3.8) is 0 Å². The van der Waals surface area contributed by atoms with E-state index in [0.29, 0.717) is 5.02 Å². The summed E-state index contributed by atoms with van der Waals surface area (Å²) >= 11 is 7.51. The van der Waals surface area contributed by atoms with Crippen LogP contribution in [0.5, 0.6) is 0 Å². The molecule has 0 aliphatic heterocycles. The lowest BCUT2D eigenvalue weighted by molar-refractivity contribution is -0.114. The van der Waals surface area contributed by atoms with Crippen LogP contribution in [-0.4, -0.2) is 16.8 Å². The highest BCUT2D eigenvalue weighted by molar-refractivity contribution is 7.07. The molecule has 0 spiro atoms. The molecule has 4 aromatic rings. The average molecular weight is 447 g/mol. The summed E-state index contributed by atoms with van der Waals surface area (Å²) in [6.45, 7) is 1.49. The largest absolute Gasteiger partial charge is 0.326 e. The highest BCUT2D eigenvalue weighted by Crippen LogP contribution is 2.21. The minimum atomic E-state index is -0.101. The highest BCUT2D eigenvalue weighted by atomic mass is 35.5. The van der Waals surface area contributed by atoms with Crippen molar-refractivity contribution < 1.29 is 4.79 Å². The number of anilines is 1. The third-order valence-corrected chi connectivity index (χ3v) is 5.43. The van der Waals surface area contributed by atoms with Crippen LogP contribution in [0, 0.1) is 0 Å². The van der Waals surface area contributed by atoms with Gasteiger partial charge in [0.1, 0.15) is 0 Å². The quantitative estimate of drug-likeness (QED) is 0.379. The molecule has 0 unspecified atom stereocenters. The van der Waals surface area contributed by atoms with Crippen LogP contribution in [0.2, 0.25) is 5.02 Å². The number of thiazole rings is 1. The van der Waals surface area contributed by atoms with Crippen molar-refractivity contribution in [2.24, 2.45) is 10.1 Å². The molecule has 31 heavy (non-hydrogen) atoms. The van der Waals surface area contributed by atoms with Gasteiger partial charge in [-0.05, 0) is 42.0 Å². The average Bonchev–Trinajstić information content (AvgIpc) is 3.17. The fraction of sp³-hybridized carbons (Fsp3) is 0.0417. The first-order valence-electron chi connectivity index (χ1n) is 9.57. The van der Waals surface area contributed by atoms with E-state index < -0.39 is 0 Å². The number of nitrogens with one attached hydrogen (secondary N) is 1. The molecule has 0 aliphatic rings. The predicted molar refractivity (Wildman–Crippen MR) is 128 cm³/mol. The second-order valence-electron chi connectivity index (χ2n) is 6.72. The molecule has 1 N–H and O–H groups in total. The van der Waals surface area contributed by atoms with Crippen LogP contribution in [0.25, 0.3) is 11.3 Å². The number of amides is 1. The summed E-state index contributed by atoms with van der Waals surface area (Å²) in [6, 6.07) is 24.9. The Balaban J connectivity index is 1.73. The Bertz CT molecular complexity index is 1270. The lowest BCUT2D eigenvalue weighted by atomic mass is 10.2. The first-order chi connectivity index (χ1) is 15.1. The van der Waals surface area contributed by atoms with E-state index in [1.165, 1.54) is 18.3 Å². The zero-order valence-electron chi connectivity index (χ0n) is 16.7. The molecule has 0 saturated carbocycles. The standard InChI is InChI=1S/C24H19ClN4OS/c1-17(30)27-21-11-7-18(8-12-21)15-26-29-23(19-5-3-2-4-6-19)16-31-24(29)28-22-13-9-20(25)10-14-22/h2-16H,1H3,(H,27,30)/b26-15+,28-24-. The Hall–Kier alpha value is -3.48. The van der Waals surface area contributed by atoms with E-state index in [9.17, 15) is 4.79 Å². The number of rotatable bonds is 5. The van der Waals surface area contributed by atoms with Crippen LogP contribution < -0.4 is 10.1 Å². The van der Waals surface area contributed by atoms with Gasteiger partial charge < -0.3 is 5.32 Å². The van der Waals surface area contributed by atoms with Crippen LogP contribution in [0.3, 0.4) is 0 Å². The molecule has 0 saturated heterocycles. The fourth-order valence-electron chi connectivity index (χ4n) is 2.90. The summed E-state index contributed by atoms with van der Waals surface area (Å²) in [5.41, 5.74) is 4.45. The minimum Gasteiger partial charge on any atom is -0.326 e. The molecule has 0 fully saturated rings. The van der Waals surface area contributed by atoms with Gasteiger partial charge in [0.15, 0.2) is 0 Å². The van der Waals surface area contributed by atoms with Crippen LogP contribution in [0.4, 0.5) is 11.4 Å². The Kier molecular flexibility index (Phi) is 6.40. The molecule has 0 atom stereocenters. The molecule has 3 aromatic carbocycles. The van der Waals surface area contributed by atoms with Gasteiger partial charge in [-0.3, -0.25) is 4.79 Å². The van der Waals surface area contributed by atoms with Crippen LogP contribution in [0.1, 0.15) is 12.5 Å². The topological polar surface area (TPSA) is 58.8 Å². The summed E-state index contributed by atoms with van der Waals surface area (Å²) in [5.74, 6) is -0.101. The molecule has 1 amide bonds. The van der Waals surface area contributed by atoms with Crippen LogP contribution >= 0.6 is 22.9 Å². The molecule has 5 nitrogen and oxygen atoms in total. The molecule has 4 rings (SSSR count). The first-order valence-corrected chi connectivity index (χ1v) is 10.8. The van der Waals surface area contributed by atoms with Crippen LogP contribution in [-0.2, 0) is 4.79 Å². The van der Waals surface area contributed by atoms with Crippen molar-refractivity contribution in [2.75, 3.05) is 5.32 Å². The summed E-state index contributed by atoms with van der Waals surface area (Å²) in [5, 5.41) is 10.2. The van der Waals surface area contributed by atoms with Gasteiger partial charge in [0.05, 0.1) is 17.6 Å². The molecule has 1 heterocycles. The Morgan fingerprint density at radius 2 is 1.71 bits per heavy atom. The molecular weight excluding hydrogens is 428 g/mol. The van der Waals surface area contributed by atoms with Crippen molar-refractivity contribution >= 4 is 46.4 Å². The number of nitrogens with zero attached hydrogens (tertiary/aromatic N) is 3. The first kappa shape index (κ1) is 20.8. The third kappa shape index (κ3) is 5.36. The van der Waals surface area contributed by atoms with Gasteiger partial charge >= 0.3 is 0 Å². The SMILES string of the molecule is CC(=O)Nc1ccc(/C=N/n2c(-c3ccccc3)cs/c2=N\c2ccc(Cl)cc2)cc1. The van der Waals surface area contributed by atoms with E-state index in [-0.39, 0.29) is 5.91 Å². The van der Waals surface area contributed by atoms with Gasteiger partial charge in [0.2, 0.25) is 10.7 Å². The van der Waals surface area contributed by atoms with Crippen molar-refractivity contribution in [1.82, 2.24) is 4.68 Å². The summed E-state index contributed by atoms with van der Waals surface area (Å²) in [7, 11) is 0. The number of hydrogen-bond donors (Lipinski definition) is 1. The number of hydrogen-bond acceptors (Lipinski definition) is 4. The maximum Gasteiger partial charge on any atom is 0.221 e. The molecule has 154 valence electrons. The van der Waals surface area contributed by atoms with Crippen molar-refractivity contribution in [3.05, 3.63) is 99.6 Å². The lowest BCUT2D eigenvalue weighted by Crippen LogP contribution is -2.11. The lowest BCUT2D eigenvalue weighted by Gasteiger charge is -2.04. The molecule has 7 heteroatoms. The smallest absolute Gasteiger partial charge is 0.221 e. The summed E-state index contributed by atoms with van der Waals surface area (Å²) in [4.78, 5) is 16.7. The van der Waals surface area contributed by atoms with E-state index in [2.05, 4.69) is 5.32 Å². The highest BCUT2D eigenvalue weighted by Gasteiger charge is 2.07. The Morgan fingerprint density at radius 1 is 1.00 bits per heavy atom. The van der Waals surface area contributed by atoms with Crippen LogP contribution in [0.15, 0.2) is 94.3 Å². The van der Waals surface area contributed by atoms with Gasteiger partial charge in [-0.2, -0.15) is 5.10 Å². The normalized spacial score (nSPS) is 11.7. The molecule has 0 bridgehead atoms. The molecule has 1 aromatic heterocycles. The molecule has 0 aliphatic carbocycles. The Labute approximate surface area is 189 Å². The maximum absolute atomic E-state index is 11.2. The predicted octanol–water partition coefficient (Wildman–Crippen LogP) is 5.94. The Morgan fingerprint density at radius 3 is 2.39 bits per heavy atom. The van der Waals surface area contributed by atoms with Crippen molar-refractivity contribution in [2.45, 2.75) is 6.92 Å². The van der Waals surface area contributed by atoms with E-state index in [1.54, 1.807) is 6.21 Å². The zero-order chi connectivity index (χ0) is 21.6. The van der Waals surface area contributed by atoms with Gasteiger partial charge in [-0.1, -0.05) is 54.1 Å². The zero-order valence-corrected chi connectivity index (χ0v) is 18.3. The number of carbonyl (C=O) groups excluding carboxylic acids is 1. The number of halogens is 1. The number of benzene rings is 3. The van der Waals surface area contributed by atoms with Gasteiger partial charge in [-0.25, -0.2) is 9.67 Å². The van der Waals surface area contributed by atoms with E-state index in [0.717, 1.165) is 33.0 Å². The van der Waals surface area contributed by atoms with E-state index in [1.807, 2.05) is 88.9 Å². The number of carbonyl (C=O) groups is 1. The summed E-state index contributed by atoms with van der Waals surface area (Å²) in [6.07, 6.45) is 1.78. The van der Waals surface area contributed by atoms with E-state index in [4.69, 9.17) is 21.7 Å². The minimum absolute atomic E-state index is 0.101. The van der Waals surface area contributed by atoms with Crippen molar-refractivity contribution in [1.29, 1.82) is 0 Å². The fourth-order valence-corrected chi connectivity index (χ4v) is 3.88. The second kappa shape index (κ2) is 9.55. The molecular formula is C24H19ClN4OS. The van der Waals surface area contributed by atoms with Gasteiger partial charge in [0, 0.05) is 28.6 Å². The maximum atomic E-state index is 11.2. The van der Waals surface area contributed by atoms with Gasteiger partial charge in [-0.15, -0.1) is 11.3 Å². The van der Waals surface area contributed by atoms with Gasteiger partial charge in [0.25, 0.3) is 0 Å². The monoisotopic (exact) mass is 446 g/mol.